The van der Waals surface area contributed by atoms with Gasteiger partial charge in [0.05, 0.1) is 11.3 Å². The Bertz CT molecular complexity index is 604. The summed E-state index contributed by atoms with van der Waals surface area (Å²) in [6.07, 6.45) is 1.56. The highest BCUT2D eigenvalue weighted by molar-refractivity contribution is 7.90. The average molecular weight is 253 g/mol. The molecule has 0 amide bonds. The average Bonchev–Trinajstić information content (AvgIpc) is 2.70. The van der Waals surface area contributed by atoms with E-state index in [1.807, 2.05) is 31.2 Å². The minimum atomic E-state index is -3.10. The van der Waals surface area contributed by atoms with Crippen LogP contribution in [0, 0.1) is 0 Å². The normalized spacial score (nSPS) is 12.1. The first-order valence-corrected chi connectivity index (χ1v) is 7.43. The third kappa shape index (κ3) is 2.82. The van der Waals surface area contributed by atoms with E-state index in [1.54, 1.807) is 0 Å². The predicted octanol–water partition coefficient (Wildman–Crippen LogP) is 1.60. The lowest BCUT2D eigenvalue weighted by molar-refractivity contribution is 0.571. The molecule has 2 aromatic rings. The van der Waals surface area contributed by atoms with Crippen LogP contribution in [-0.2, 0) is 15.7 Å². The summed E-state index contributed by atoms with van der Waals surface area (Å²) < 4.78 is 25.1. The summed E-state index contributed by atoms with van der Waals surface area (Å²) >= 11 is 0. The second-order valence-electron chi connectivity index (χ2n) is 4.01. The van der Waals surface area contributed by atoms with Gasteiger partial charge >= 0.3 is 0 Å². The Morgan fingerprint density at radius 2 is 2.06 bits per heavy atom. The van der Waals surface area contributed by atoms with Gasteiger partial charge in [0.15, 0.2) is 9.84 Å². The molecule has 0 aliphatic heterocycles. The molecule has 0 atom stereocenters. The molecule has 1 aromatic heterocycles. The lowest BCUT2D eigenvalue weighted by atomic mass is 10.3. The number of benzene rings is 1. The van der Waals surface area contributed by atoms with Gasteiger partial charge in [-0.15, -0.1) is 5.10 Å². The van der Waals surface area contributed by atoms with Gasteiger partial charge in [0.1, 0.15) is 11.4 Å². The van der Waals surface area contributed by atoms with Crippen LogP contribution in [0.1, 0.15) is 19.8 Å². The molecular weight excluding hydrogens is 238 g/mol. The summed E-state index contributed by atoms with van der Waals surface area (Å²) in [5.41, 5.74) is 1.48. The van der Waals surface area contributed by atoms with Gasteiger partial charge in [-0.1, -0.05) is 30.7 Å². The van der Waals surface area contributed by atoms with Crippen LogP contribution in [0.3, 0.4) is 0 Å². The maximum Gasteiger partial charge on any atom is 0.170 e. The highest BCUT2D eigenvalue weighted by Crippen LogP contribution is 2.11. The lowest BCUT2D eigenvalue weighted by Gasteiger charge is -2.03. The molecule has 0 radical (unpaired) electrons. The van der Waals surface area contributed by atoms with Crippen molar-refractivity contribution in [3.05, 3.63) is 24.3 Å². The molecule has 17 heavy (non-hydrogen) atoms. The van der Waals surface area contributed by atoms with Crippen LogP contribution >= 0.6 is 0 Å². The van der Waals surface area contributed by atoms with Crippen LogP contribution in [0.2, 0.25) is 0 Å². The number of hydrogen-bond donors (Lipinski definition) is 0. The topological polar surface area (TPSA) is 64.8 Å². The zero-order valence-electron chi connectivity index (χ0n) is 9.70. The van der Waals surface area contributed by atoms with E-state index in [0.29, 0.717) is 6.42 Å². The Hall–Kier alpha value is -1.43. The Morgan fingerprint density at radius 3 is 2.82 bits per heavy atom. The first-order valence-electron chi connectivity index (χ1n) is 5.61. The molecule has 0 bridgehead atoms. The predicted molar refractivity (Wildman–Crippen MR) is 66.2 cm³/mol. The molecule has 0 fully saturated rings. The molecule has 1 heterocycles. The van der Waals surface area contributed by atoms with Crippen molar-refractivity contribution in [2.45, 2.75) is 25.6 Å². The van der Waals surface area contributed by atoms with E-state index < -0.39 is 9.84 Å². The van der Waals surface area contributed by atoms with Gasteiger partial charge in [-0.25, -0.2) is 13.1 Å². The van der Waals surface area contributed by atoms with Gasteiger partial charge in [0.2, 0.25) is 0 Å². The quantitative estimate of drug-likeness (QED) is 0.812. The first-order chi connectivity index (χ1) is 8.12. The van der Waals surface area contributed by atoms with E-state index in [4.69, 9.17) is 0 Å². The molecule has 6 heteroatoms. The van der Waals surface area contributed by atoms with Crippen LogP contribution < -0.4 is 0 Å². The summed E-state index contributed by atoms with van der Waals surface area (Å²) in [7, 11) is -3.10. The largest absolute Gasteiger partial charge is 0.229 e. The maximum atomic E-state index is 11.8. The van der Waals surface area contributed by atoms with Crippen molar-refractivity contribution in [2.24, 2.45) is 0 Å². The zero-order chi connectivity index (χ0) is 12.3. The molecule has 0 N–H and O–H groups in total. The van der Waals surface area contributed by atoms with Gasteiger partial charge < -0.3 is 0 Å². The van der Waals surface area contributed by atoms with Gasteiger partial charge in [-0.3, -0.25) is 0 Å². The van der Waals surface area contributed by atoms with E-state index >= 15 is 0 Å². The second-order valence-corrected chi connectivity index (χ2v) is 6.16. The minimum Gasteiger partial charge on any atom is -0.229 e. The third-order valence-corrected chi connectivity index (χ3v) is 4.10. The monoisotopic (exact) mass is 253 g/mol. The second kappa shape index (κ2) is 4.83. The first kappa shape index (κ1) is 12.0. The number of nitrogens with zero attached hydrogens (tertiary/aromatic N) is 3. The van der Waals surface area contributed by atoms with Gasteiger partial charge in [-0.2, -0.15) is 0 Å². The van der Waals surface area contributed by atoms with E-state index in [1.165, 1.54) is 4.68 Å². The summed E-state index contributed by atoms with van der Waals surface area (Å²) in [6.45, 7) is 1.97. The Morgan fingerprint density at radius 1 is 1.29 bits per heavy atom. The molecule has 0 spiro atoms. The number of unbranched alkanes of at least 4 members (excludes halogenated alkanes) is 1. The molecular formula is C11H15N3O2S. The lowest BCUT2D eigenvalue weighted by Crippen LogP contribution is -2.15. The number of para-hydroxylation sites is 1. The van der Waals surface area contributed by atoms with Gasteiger partial charge in [0.25, 0.3) is 0 Å². The number of hydrogen-bond acceptors (Lipinski definition) is 4. The fourth-order valence-electron chi connectivity index (χ4n) is 1.63. The molecule has 0 unspecified atom stereocenters. The van der Waals surface area contributed by atoms with Gasteiger partial charge in [0, 0.05) is 0 Å². The van der Waals surface area contributed by atoms with Crippen molar-refractivity contribution in [3.63, 3.8) is 0 Å². The SMILES string of the molecule is CCCCS(=O)(=O)Cn1nnc2ccccc21. The smallest absolute Gasteiger partial charge is 0.170 e. The molecule has 0 aliphatic carbocycles. The van der Waals surface area contributed by atoms with Crippen LogP contribution in [0.25, 0.3) is 11.0 Å². The molecule has 0 saturated heterocycles. The number of aromatic nitrogens is 3. The molecule has 2 rings (SSSR count). The van der Waals surface area contributed by atoms with Crippen LogP contribution in [0.4, 0.5) is 0 Å². The summed E-state index contributed by atoms with van der Waals surface area (Å²) in [4.78, 5) is 0. The van der Waals surface area contributed by atoms with Crippen LogP contribution in [0.15, 0.2) is 24.3 Å². The minimum absolute atomic E-state index is 0.0898. The standard InChI is InChI=1S/C11H15N3O2S/c1-2-3-8-17(15,16)9-14-11-7-5-4-6-10(11)12-13-14/h4-7H,2-3,8-9H2,1H3. The van der Waals surface area contributed by atoms with Crippen LogP contribution in [-0.4, -0.2) is 29.2 Å². The number of rotatable bonds is 5. The molecule has 5 nitrogen and oxygen atoms in total. The summed E-state index contributed by atoms with van der Waals surface area (Å²) in [6, 6.07) is 7.34. The number of sulfone groups is 1. The Balaban J connectivity index is 2.24. The summed E-state index contributed by atoms with van der Waals surface area (Å²) in [5, 5.41) is 7.81. The highest BCUT2D eigenvalue weighted by atomic mass is 32.2. The highest BCUT2D eigenvalue weighted by Gasteiger charge is 2.14. The van der Waals surface area contributed by atoms with Crippen molar-refractivity contribution < 1.29 is 8.42 Å². The van der Waals surface area contributed by atoms with E-state index in [-0.39, 0.29) is 11.6 Å². The fraction of sp³-hybridized carbons (Fsp3) is 0.455. The van der Waals surface area contributed by atoms with Gasteiger partial charge in [-0.05, 0) is 18.6 Å². The van der Waals surface area contributed by atoms with Crippen molar-refractivity contribution in [1.29, 1.82) is 0 Å². The molecule has 0 saturated carbocycles. The van der Waals surface area contributed by atoms with Crippen molar-refractivity contribution in [3.8, 4) is 0 Å². The molecule has 0 aliphatic rings. The maximum absolute atomic E-state index is 11.8. The Labute approximate surface area is 100 Å². The van der Waals surface area contributed by atoms with E-state index in [0.717, 1.165) is 17.5 Å². The van der Waals surface area contributed by atoms with Crippen molar-refractivity contribution in [1.82, 2.24) is 15.0 Å². The zero-order valence-corrected chi connectivity index (χ0v) is 10.5. The van der Waals surface area contributed by atoms with Crippen LogP contribution in [0.5, 0.6) is 0 Å². The number of fused-ring (bicyclic) bond motifs is 1. The Kier molecular flexibility index (Phi) is 3.42. The third-order valence-electron chi connectivity index (χ3n) is 2.55. The molecule has 1 aromatic carbocycles. The van der Waals surface area contributed by atoms with Crippen molar-refractivity contribution in [2.75, 3.05) is 5.75 Å². The summed E-state index contributed by atoms with van der Waals surface area (Å²) in [5.74, 6) is 0.116. The van der Waals surface area contributed by atoms with Crippen molar-refractivity contribution >= 4 is 20.9 Å². The fourth-order valence-corrected chi connectivity index (χ4v) is 3.05. The van der Waals surface area contributed by atoms with E-state index in [9.17, 15) is 8.42 Å². The van der Waals surface area contributed by atoms with E-state index in [2.05, 4.69) is 10.3 Å². The molecule has 92 valence electrons.